The molecule has 170 valence electrons. The van der Waals surface area contributed by atoms with E-state index in [1.54, 1.807) is 0 Å². The van der Waals surface area contributed by atoms with Gasteiger partial charge in [-0.2, -0.15) is 5.26 Å². The Hall–Kier alpha value is -3.60. The molecular weight excluding hydrogens is 462 g/mol. The minimum atomic E-state index is -0.507. The molecule has 1 aliphatic rings. The maximum Gasteiger partial charge on any atom is 0.254 e. The number of nitrogens with zero attached hydrogens (tertiary/aromatic N) is 1. The van der Waals surface area contributed by atoms with Gasteiger partial charge in [0.1, 0.15) is 0 Å². The molecule has 2 heterocycles. The highest BCUT2D eigenvalue weighted by Gasteiger charge is 2.35. The third-order valence-corrected chi connectivity index (χ3v) is 7.43. The molecule has 1 atom stereocenters. The van der Waals surface area contributed by atoms with Gasteiger partial charge in [0.05, 0.1) is 28.3 Å². The van der Waals surface area contributed by atoms with Gasteiger partial charge < -0.3 is 10.6 Å². The number of para-hydroxylation sites is 1. The SMILES string of the molecule is CC1=C(C(=O)Nc2ccccc2)[C@@H](c2cccs2)C(C#N)=C(SCC(=O)c2ccc(C)cc2)N1. The number of nitriles is 1. The van der Waals surface area contributed by atoms with Gasteiger partial charge in [-0.1, -0.05) is 65.9 Å². The number of Topliss-reactive ketones (excluding diaryl/α,β-unsaturated/α-hetero) is 1. The second kappa shape index (κ2) is 10.6. The smallest absolute Gasteiger partial charge is 0.254 e. The fraction of sp³-hybridized carbons (Fsp3) is 0.148. The van der Waals surface area contributed by atoms with E-state index in [-0.39, 0.29) is 17.4 Å². The van der Waals surface area contributed by atoms with Crippen LogP contribution in [0.3, 0.4) is 0 Å². The van der Waals surface area contributed by atoms with Crippen LogP contribution < -0.4 is 10.6 Å². The largest absolute Gasteiger partial charge is 0.353 e. The van der Waals surface area contributed by atoms with E-state index in [0.29, 0.717) is 33.1 Å². The Bertz CT molecular complexity index is 1300. The topological polar surface area (TPSA) is 82.0 Å². The Morgan fingerprint density at radius 3 is 2.44 bits per heavy atom. The first kappa shape index (κ1) is 23.6. The molecule has 1 aromatic heterocycles. The van der Waals surface area contributed by atoms with Crippen molar-refractivity contribution in [3.8, 4) is 6.07 Å². The van der Waals surface area contributed by atoms with Crippen LogP contribution in [0, 0.1) is 18.3 Å². The second-order valence-electron chi connectivity index (χ2n) is 7.86. The number of nitrogens with one attached hydrogen (secondary N) is 2. The number of ketones is 1. The van der Waals surface area contributed by atoms with Crippen LogP contribution >= 0.6 is 23.1 Å². The summed E-state index contributed by atoms with van der Waals surface area (Å²) in [4.78, 5) is 27.0. The van der Waals surface area contributed by atoms with E-state index in [2.05, 4.69) is 16.7 Å². The van der Waals surface area contributed by atoms with E-state index in [0.717, 1.165) is 10.4 Å². The van der Waals surface area contributed by atoms with Crippen molar-refractivity contribution < 1.29 is 9.59 Å². The molecule has 7 heteroatoms. The van der Waals surface area contributed by atoms with E-state index in [9.17, 15) is 14.9 Å². The Balaban J connectivity index is 1.63. The van der Waals surface area contributed by atoms with Gasteiger partial charge >= 0.3 is 0 Å². The lowest BCUT2D eigenvalue weighted by Crippen LogP contribution is -2.30. The van der Waals surface area contributed by atoms with Gasteiger partial charge in [-0.25, -0.2) is 0 Å². The number of thioether (sulfide) groups is 1. The zero-order valence-electron chi connectivity index (χ0n) is 18.8. The van der Waals surface area contributed by atoms with Crippen molar-refractivity contribution >= 4 is 40.5 Å². The van der Waals surface area contributed by atoms with Gasteiger partial charge in [-0.3, -0.25) is 9.59 Å². The van der Waals surface area contributed by atoms with Crippen molar-refractivity contribution in [1.29, 1.82) is 5.26 Å². The molecule has 0 aliphatic carbocycles. The van der Waals surface area contributed by atoms with Crippen molar-refractivity contribution in [2.24, 2.45) is 0 Å². The molecule has 1 aliphatic heterocycles. The van der Waals surface area contributed by atoms with Gasteiger partial charge in [0.15, 0.2) is 5.78 Å². The Labute approximate surface area is 207 Å². The lowest BCUT2D eigenvalue weighted by Gasteiger charge is -2.29. The average molecular weight is 486 g/mol. The lowest BCUT2D eigenvalue weighted by molar-refractivity contribution is -0.113. The van der Waals surface area contributed by atoms with Crippen LogP contribution in [0.15, 0.2) is 94.0 Å². The standard InChI is InChI=1S/C27H23N3O2S2/c1-17-10-12-19(13-11-17)22(31)16-34-27-21(15-28)25(23-9-6-14-33-23)24(18(2)29-27)26(32)30-20-7-4-3-5-8-20/h3-14,25,29H,16H2,1-2H3,(H,30,32)/t25-/m1/s1. The molecule has 3 aromatic rings. The summed E-state index contributed by atoms with van der Waals surface area (Å²) in [6.07, 6.45) is 0. The van der Waals surface area contributed by atoms with E-state index < -0.39 is 5.92 Å². The first-order valence-electron chi connectivity index (χ1n) is 10.7. The van der Waals surface area contributed by atoms with Crippen molar-refractivity contribution in [2.45, 2.75) is 19.8 Å². The molecule has 1 amide bonds. The summed E-state index contributed by atoms with van der Waals surface area (Å²) in [6.45, 7) is 3.81. The number of hydrogen-bond donors (Lipinski definition) is 2. The van der Waals surface area contributed by atoms with Crippen LogP contribution in [-0.2, 0) is 4.79 Å². The molecule has 5 nitrogen and oxygen atoms in total. The lowest BCUT2D eigenvalue weighted by atomic mass is 9.86. The van der Waals surface area contributed by atoms with Crippen LogP contribution in [-0.4, -0.2) is 17.4 Å². The molecule has 0 unspecified atom stereocenters. The number of benzene rings is 2. The van der Waals surface area contributed by atoms with Crippen molar-refractivity contribution in [3.05, 3.63) is 110 Å². The number of dihydropyridines is 1. The Morgan fingerprint density at radius 1 is 1.06 bits per heavy atom. The summed E-state index contributed by atoms with van der Waals surface area (Å²) in [5.74, 6) is -0.598. The van der Waals surface area contributed by atoms with E-state index in [4.69, 9.17) is 0 Å². The highest BCUT2D eigenvalue weighted by Crippen LogP contribution is 2.42. The monoisotopic (exact) mass is 485 g/mol. The Morgan fingerprint density at radius 2 is 1.79 bits per heavy atom. The zero-order valence-corrected chi connectivity index (χ0v) is 20.4. The molecule has 0 spiro atoms. The minimum Gasteiger partial charge on any atom is -0.353 e. The molecule has 0 saturated heterocycles. The second-order valence-corrected chi connectivity index (χ2v) is 9.83. The fourth-order valence-corrected chi connectivity index (χ4v) is 5.58. The summed E-state index contributed by atoms with van der Waals surface area (Å²) in [6, 6.07) is 22.8. The van der Waals surface area contributed by atoms with Gasteiger partial charge in [-0.15, -0.1) is 11.3 Å². The van der Waals surface area contributed by atoms with Gasteiger partial charge in [0.25, 0.3) is 5.91 Å². The van der Waals surface area contributed by atoms with Crippen molar-refractivity contribution in [2.75, 3.05) is 11.1 Å². The van der Waals surface area contributed by atoms with E-state index in [1.807, 2.05) is 86.0 Å². The maximum atomic E-state index is 13.3. The summed E-state index contributed by atoms with van der Waals surface area (Å²) in [7, 11) is 0. The molecule has 2 aromatic carbocycles. The quantitative estimate of drug-likeness (QED) is 0.401. The van der Waals surface area contributed by atoms with Crippen LogP contribution in [0.1, 0.15) is 33.6 Å². The van der Waals surface area contributed by atoms with Crippen LogP contribution in [0.2, 0.25) is 0 Å². The summed E-state index contributed by atoms with van der Waals surface area (Å²) in [5, 5.41) is 18.8. The molecule has 0 fully saturated rings. The number of carbonyl (C=O) groups is 2. The number of aryl methyl sites for hydroxylation is 1. The molecule has 34 heavy (non-hydrogen) atoms. The molecular formula is C27H23N3O2S2. The first-order chi connectivity index (χ1) is 16.5. The highest BCUT2D eigenvalue weighted by atomic mass is 32.2. The predicted molar refractivity (Wildman–Crippen MR) is 139 cm³/mol. The number of hydrogen-bond acceptors (Lipinski definition) is 6. The normalized spacial score (nSPS) is 15.5. The number of thiophene rings is 1. The maximum absolute atomic E-state index is 13.3. The molecule has 2 N–H and O–H groups in total. The zero-order chi connectivity index (χ0) is 24.1. The fourth-order valence-electron chi connectivity index (χ4n) is 3.75. The third-order valence-electron chi connectivity index (χ3n) is 5.47. The Kier molecular flexibility index (Phi) is 7.31. The molecule has 0 saturated carbocycles. The van der Waals surface area contributed by atoms with Gasteiger partial charge in [0, 0.05) is 27.4 Å². The number of carbonyl (C=O) groups excluding carboxylic acids is 2. The van der Waals surface area contributed by atoms with Gasteiger partial charge in [0.2, 0.25) is 0 Å². The molecule has 0 radical (unpaired) electrons. The number of amides is 1. The van der Waals surface area contributed by atoms with Gasteiger partial charge in [-0.05, 0) is 37.4 Å². The summed E-state index contributed by atoms with van der Waals surface area (Å²) >= 11 is 2.79. The molecule has 0 bridgehead atoms. The van der Waals surface area contributed by atoms with E-state index in [1.165, 1.54) is 23.1 Å². The highest BCUT2D eigenvalue weighted by molar-refractivity contribution is 8.03. The van der Waals surface area contributed by atoms with Crippen molar-refractivity contribution in [3.63, 3.8) is 0 Å². The number of allylic oxidation sites excluding steroid dienone is 2. The minimum absolute atomic E-state index is 0.0153. The third kappa shape index (κ3) is 5.14. The number of rotatable bonds is 7. The van der Waals surface area contributed by atoms with Crippen LogP contribution in [0.5, 0.6) is 0 Å². The predicted octanol–water partition coefficient (Wildman–Crippen LogP) is 6.01. The van der Waals surface area contributed by atoms with Crippen molar-refractivity contribution in [1.82, 2.24) is 5.32 Å². The first-order valence-corrected chi connectivity index (χ1v) is 12.6. The molecule has 4 rings (SSSR count). The van der Waals surface area contributed by atoms with E-state index >= 15 is 0 Å². The average Bonchev–Trinajstić information content (AvgIpc) is 3.37. The van der Waals surface area contributed by atoms with Crippen LogP contribution in [0.25, 0.3) is 0 Å². The van der Waals surface area contributed by atoms with Crippen LogP contribution in [0.4, 0.5) is 5.69 Å². The summed E-state index contributed by atoms with van der Waals surface area (Å²) < 4.78 is 0. The summed E-state index contributed by atoms with van der Waals surface area (Å²) in [5.41, 5.74) is 4.01. The number of anilines is 1.